The summed E-state index contributed by atoms with van der Waals surface area (Å²) >= 11 is 6.38. The fourth-order valence-electron chi connectivity index (χ4n) is 2.64. The molecule has 1 unspecified atom stereocenters. The van der Waals surface area contributed by atoms with Crippen LogP contribution < -0.4 is 5.32 Å². The molecule has 0 spiro atoms. The highest BCUT2D eigenvalue weighted by Gasteiger charge is 2.16. The number of aryl methyl sites for hydroxylation is 2. The average molecular weight is 300 g/mol. The van der Waals surface area contributed by atoms with Crippen molar-refractivity contribution in [2.45, 2.75) is 72.9 Å². The van der Waals surface area contributed by atoms with E-state index in [-0.39, 0.29) is 0 Å². The molecule has 0 bridgehead atoms. The lowest BCUT2D eigenvalue weighted by Gasteiger charge is -2.20. The molecular formula is C16H30ClN3. The third-order valence-electron chi connectivity index (χ3n) is 3.62. The van der Waals surface area contributed by atoms with Crippen molar-refractivity contribution < 1.29 is 0 Å². The predicted octanol–water partition coefficient (Wildman–Crippen LogP) is 4.21. The molecule has 0 fully saturated rings. The van der Waals surface area contributed by atoms with E-state index in [0.29, 0.717) is 6.04 Å². The molecule has 0 saturated heterocycles. The summed E-state index contributed by atoms with van der Waals surface area (Å²) in [7, 11) is 0. The van der Waals surface area contributed by atoms with Crippen LogP contribution in [0.3, 0.4) is 0 Å². The van der Waals surface area contributed by atoms with E-state index in [0.717, 1.165) is 42.6 Å². The molecule has 1 rings (SSSR count). The van der Waals surface area contributed by atoms with E-state index < -0.39 is 0 Å². The van der Waals surface area contributed by atoms with Crippen LogP contribution in [0.4, 0.5) is 0 Å². The van der Waals surface area contributed by atoms with Crippen molar-refractivity contribution in [3.63, 3.8) is 0 Å². The molecule has 1 aromatic rings. The standard InChI is InChI=1S/C16H30ClN3/c1-6-10-18-14(11-12(3)4)8-9-15-16(17)13(5)19-20(15)7-2/h12,14,18H,6-11H2,1-5H3. The van der Waals surface area contributed by atoms with Crippen molar-refractivity contribution in [1.29, 1.82) is 0 Å². The van der Waals surface area contributed by atoms with Crippen molar-refractivity contribution in [2.24, 2.45) is 5.92 Å². The average Bonchev–Trinajstić information content (AvgIpc) is 2.68. The van der Waals surface area contributed by atoms with Gasteiger partial charge < -0.3 is 5.32 Å². The highest BCUT2D eigenvalue weighted by molar-refractivity contribution is 6.31. The molecule has 0 aromatic carbocycles. The summed E-state index contributed by atoms with van der Waals surface area (Å²) in [4.78, 5) is 0. The highest BCUT2D eigenvalue weighted by atomic mass is 35.5. The molecule has 3 nitrogen and oxygen atoms in total. The van der Waals surface area contributed by atoms with Crippen LogP contribution in [-0.4, -0.2) is 22.4 Å². The fourth-order valence-corrected chi connectivity index (χ4v) is 2.87. The van der Waals surface area contributed by atoms with Gasteiger partial charge in [-0.1, -0.05) is 32.4 Å². The van der Waals surface area contributed by atoms with Crippen LogP contribution in [0.2, 0.25) is 5.02 Å². The third-order valence-corrected chi connectivity index (χ3v) is 4.11. The summed E-state index contributed by atoms with van der Waals surface area (Å²) < 4.78 is 2.05. The molecule has 20 heavy (non-hydrogen) atoms. The van der Waals surface area contributed by atoms with Crippen molar-refractivity contribution in [3.05, 3.63) is 16.4 Å². The molecule has 1 atom stereocenters. The number of rotatable bonds is 9. The Hall–Kier alpha value is -0.540. The lowest BCUT2D eigenvalue weighted by atomic mass is 9.98. The first kappa shape index (κ1) is 17.5. The first-order chi connectivity index (χ1) is 9.49. The zero-order chi connectivity index (χ0) is 15.1. The second-order valence-corrected chi connectivity index (χ2v) is 6.36. The SMILES string of the molecule is CCCNC(CCc1c(Cl)c(C)nn1CC)CC(C)C. The van der Waals surface area contributed by atoms with Gasteiger partial charge in [-0.3, -0.25) is 4.68 Å². The first-order valence-electron chi connectivity index (χ1n) is 7.94. The van der Waals surface area contributed by atoms with Gasteiger partial charge in [-0.15, -0.1) is 0 Å². The van der Waals surface area contributed by atoms with Crippen molar-refractivity contribution in [3.8, 4) is 0 Å². The van der Waals surface area contributed by atoms with Gasteiger partial charge in [0.25, 0.3) is 0 Å². The van der Waals surface area contributed by atoms with Crippen LogP contribution in [0.15, 0.2) is 0 Å². The maximum Gasteiger partial charge on any atom is 0.0847 e. The minimum atomic E-state index is 0.575. The summed E-state index contributed by atoms with van der Waals surface area (Å²) in [6.07, 6.45) is 4.53. The summed E-state index contributed by atoms with van der Waals surface area (Å²) in [5.74, 6) is 0.720. The normalized spacial score (nSPS) is 13.2. The van der Waals surface area contributed by atoms with Crippen molar-refractivity contribution in [1.82, 2.24) is 15.1 Å². The minimum absolute atomic E-state index is 0.575. The van der Waals surface area contributed by atoms with Gasteiger partial charge in [0, 0.05) is 12.6 Å². The van der Waals surface area contributed by atoms with Gasteiger partial charge in [-0.25, -0.2) is 0 Å². The smallest absolute Gasteiger partial charge is 0.0847 e. The summed E-state index contributed by atoms with van der Waals surface area (Å²) in [6.45, 7) is 12.9. The Labute approximate surface area is 129 Å². The molecule has 0 aliphatic carbocycles. The zero-order valence-corrected chi connectivity index (χ0v) is 14.4. The molecule has 1 heterocycles. The van der Waals surface area contributed by atoms with Crippen molar-refractivity contribution >= 4 is 11.6 Å². The largest absolute Gasteiger partial charge is 0.314 e. The number of aromatic nitrogens is 2. The Kier molecular flexibility index (Phi) is 7.60. The monoisotopic (exact) mass is 299 g/mol. The second-order valence-electron chi connectivity index (χ2n) is 5.98. The summed E-state index contributed by atoms with van der Waals surface area (Å²) in [5, 5.41) is 9.01. The Morgan fingerprint density at radius 2 is 2.00 bits per heavy atom. The molecule has 4 heteroatoms. The fraction of sp³-hybridized carbons (Fsp3) is 0.812. The summed E-state index contributed by atoms with van der Waals surface area (Å²) in [5.41, 5.74) is 2.14. The predicted molar refractivity (Wildman–Crippen MR) is 87.5 cm³/mol. The molecular weight excluding hydrogens is 270 g/mol. The van der Waals surface area contributed by atoms with Gasteiger partial charge in [-0.2, -0.15) is 5.10 Å². The van der Waals surface area contributed by atoms with E-state index in [1.54, 1.807) is 0 Å². The molecule has 0 amide bonds. The van der Waals surface area contributed by atoms with Gasteiger partial charge >= 0.3 is 0 Å². The van der Waals surface area contributed by atoms with E-state index in [4.69, 9.17) is 11.6 Å². The number of hydrogen-bond donors (Lipinski definition) is 1. The molecule has 0 aliphatic rings. The Balaban J connectivity index is 2.66. The molecule has 0 saturated carbocycles. The van der Waals surface area contributed by atoms with Crippen LogP contribution in [0.25, 0.3) is 0 Å². The molecule has 116 valence electrons. The van der Waals surface area contributed by atoms with Crippen LogP contribution in [0.5, 0.6) is 0 Å². The topological polar surface area (TPSA) is 29.9 Å². The van der Waals surface area contributed by atoms with E-state index in [2.05, 4.69) is 38.1 Å². The van der Waals surface area contributed by atoms with Gasteiger partial charge in [-0.05, 0) is 52.0 Å². The van der Waals surface area contributed by atoms with Gasteiger partial charge in [0.1, 0.15) is 0 Å². The van der Waals surface area contributed by atoms with Gasteiger partial charge in [0.2, 0.25) is 0 Å². The zero-order valence-electron chi connectivity index (χ0n) is 13.7. The maximum absolute atomic E-state index is 6.38. The quantitative estimate of drug-likeness (QED) is 0.740. The van der Waals surface area contributed by atoms with Crippen LogP contribution in [0, 0.1) is 12.8 Å². The molecule has 1 aromatic heterocycles. The first-order valence-corrected chi connectivity index (χ1v) is 8.32. The highest BCUT2D eigenvalue weighted by Crippen LogP contribution is 2.23. The lowest BCUT2D eigenvalue weighted by Crippen LogP contribution is -2.31. The summed E-state index contributed by atoms with van der Waals surface area (Å²) in [6, 6.07) is 0.575. The Bertz CT molecular complexity index is 399. The van der Waals surface area contributed by atoms with Crippen LogP contribution in [-0.2, 0) is 13.0 Å². The van der Waals surface area contributed by atoms with E-state index in [1.807, 2.05) is 11.6 Å². The molecule has 0 aliphatic heterocycles. The number of nitrogens with one attached hydrogen (secondary N) is 1. The second kappa shape index (κ2) is 8.68. The third kappa shape index (κ3) is 5.10. The van der Waals surface area contributed by atoms with Gasteiger partial charge in [0.15, 0.2) is 0 Å². The van der Waals surface area contributed by atoms with Crippen LogP contribution in [0.1, 0.15) is 58.3 Å². The van der Waals surface area contributed by atoms with E-state index >= 15 is 0 Å². The Morgan fingerprint density at radius 3 is 2.55 bits per heavy atom. The lowest BCUT2D eigenvalue weighted by molar-refractivity contribution is 0.395. The van der Waals surface area contributed by atoms with Gasteiger partial charge in [0.05, 0.1) is 16.4 Å². The molecule has 0 radical (unpaired) electrons. The van der Waals surface area contributed by atoms with E-state index in [9.17, 15) is 0 Å². The van der Waals surface area contributed by atoms with E-state index in [1.165, 1.54) is 18.5 Å². The molecule has 1 N–H and O–H groups in total. The minimum Gasteiger partial charge on any atom is -0.314 e. The maximum atomic E-state index is 6.38. The van der Waals surface area contributed by atoms with Crippen LogP contribution >= 0.6 is 11.6 Å². The number of nitrogens with zero attached hydrogens (tertiary/aromatic N) is 2. The Morgan fingerprint density at radius 1 is 1.30 bits per heavy atom. The number of halogens is 1. The number of hydrogen-bond acceptors (Lipinski definition) is 2. The van der Waals surface area contributed by atoms with Crippen molar-refractivity contribution in [2.75, 3.05) is 6.54 Å².